The fourth-order valence-corrected chi connectivity index (χ4v) is 0.394. The molecule has 0 atom stereocenters. The molecule has 0 heterocycles. The molecule has 0 aromatic heterocycles. The van der Waals surface area contributed by atoms with Gasteiger partial charge in [-0.3, -0.25) is 0 Å². The van der Waals surface area contributed by atoms with E-state index in [1.54, 1.807) is 0 Å². The van der Waals surface area contributed by atoms with Crippen molar-refractivity contribution < 1.29 is 14.3 Å². The Balaban J connectivity index is 0. The van der Waals surface area contributed by atoms with Gasteiger partial charge in [0.25, 0.3) is 0 Å². The van der Waals surface area contributed by atoms with Crippen molar-refractivity contribution in [2.75, 3.05) is 13.7 Å². The Labute approximate surface area is 80.0 Å². The van der Waals surface area contributed by atoms with E-state index in [-0.39, 0.29) is 0 Å². The summed E-state index contributed by atoms with van der Waals surface area (Å²) in [6.45, 7) is 9.52. The van der Waals surface area contributed by atoms with E-state index < -0.39 is 5.97 Å². The van der Waals surface area contributed by atoms with E-state index in [1.807, 2.05) is 0 Å². The predicted octanol–water partition coefficient (Wildman–Crippen LogP) is 2.29. The van der Waals surface area contributed by atoms with E-state index in [0.717, 1.165) is 19.1 Å². The fraction of sp³-hybridized carbons (Fsp3) is 0.500. The summed E-state index contributed by atoms with van der Waals surface area (Å²) in [5, 5.41) is 0. The van der Waals surface area contributed by atoms with Gasteiger partial charge in [-0.15, -0.1) is 0 Å². The first kappa shape index (κ1) is 14.3. The molecule has 76 valence electrons. The average molecular weight is 186 g/mol. The SMILES string of the molecule is C=CC(=O)OC.C=COCCCC. The molecule has 0 N–H and O–H groups in total. The number of ether oxygens (including phenoxy) is 2. The molecule has 0 bridgehead atoms. The average Bonchev–Trinajstić information content (AvgIpc) is 2.18. The van der Waals surface area contributed by atoms with Crippen LogP contribution in [0.3, 0.4) is 0 Å². The maximum Gasteiger partial charge on any atom is 0.329 e. The third-order valence-corrected chi connectivity index (χ3v) is 1.10. The van der Waals surface area contributed by atoms with Crippen molar-refractivity contribution in [3.63, 3.8) is 0 Å². The monoisotopic (exact) mass is 186 g/mol. The summed E-state index contributed by atoms with van der Waals surface area (Å²) in [6.07, 6.45) is 4.91. The van der Waals surface area contributed by atoms with Crippen molar-refractivity contribution in [1.82, 2.24) is 0 Å². The number of carbonyl (C=O) groups is 1. The number of rotatable bonds is 5. The number of carbonyl (C=O) groups excluding carboxylic acids is 1. The molecule has 0 rings (SSSR count). The molecule has 0 aliphatic heterocycles. The third-order valence-electron chi connectivity index (χ3n) is 1.10. The largest absolute Gasteiger partial charge is 0.502 e. The maximum absolute atomic E-state index is 9.84. The van der Waals surface area contributed by atoms with E-state index in [0.29, 0.717) is 0 Å². The zero-order chi connectivity index (χ0) is 10.5. The second-order valence-electron chi connectivity index (χ2n) is 2.12. The molecule has 3 heteroatoms. The highest BCUT2D eigenvalue weighted by Crippen LogP contribution is 1.85. The van der Waals surface area contributed by atoms with E-state index in [9.17, 15) is 4.79 Å². The second-order valence-corrected chi connectivity index (χ2v) is 2.12. The van der Waals surface area contributed by atoms with Gasteiger partial charge in [0, 0.05) is 6.08 Å². The molecule has 0 amide bonds. The zero-order valence-corrected chi connectivity index (χ0v) is 8.41. The summed E-state index contributed by atoms with van der Waals surface area (Å²) in [4.78, 5) is 9.84. The minimum Gasteiger partial charge on any atom is -0.502 e. The van der Waals surface area contributed by atoms with Crippen LogP contribution in [0.2, 0.25) is 0 Å². The minimum absolute atomic E-state index is 0.394. The fourth-order valence-electron chi connectivity index (χ4n) is 0.394. The maximum atomic E-state index is 9.84. The lowest BCUT2D eigenvalue weighted by Gasteiger charge is -1.93. The Morgan fingerprint density at radius 1 is 1.46 bits per heavy atom. The van der Waals surface area contributed by atoms with Gasteiger partial charge in [-0.2, -0.15) is 0 Å². The summed E-state index contributed by atoms with van der Waals surface area (Å²) >= 11 is 0. The zero-order valence-electron chi connectivity index (χ0n) is 8.41. The Morgan fingerprint density at radius 3 is 2.31 bits per heavy atom. The van der Waals surface area contributed by atoms with Gasteiger partial charge in [0.15, 0.2) is 0 Å². The van der Waals surface area contributed by atoms with Gasteiger partial charge in [0.2, 0.25) is 0 Å². The first-order chi connectivity index (χ1) is 6.22. The van der Waals surface area contributed by atoms with Crippen molar-refractivity contribution in [2.24, 2.45) is 0 Å². The molecule has 0 saturated heterocycles. The van der Waals surface area contributed by atoms with Gasteiger partial charge >= 0.3 is 5.97 Å². The molecule has 0 aliphatic carbocycles. The lowest BCUT2D eigenvalue weighted by Crippen LogP contribution is -1.91. The molecular weight excluding hydrogens is 168 g/mol. The highest BCUT2D eigenvalue weighted by Gasteiger charge is 1.81. The molecule has 3 nitrogen and oxygen atoms in total. The number of unbranched alkanes of at least 4 members (excludes halogenated alkanes) is 1. The van der Waals surface area contributed by atoms with Crippen LogP contribution >= 0.6 is 0 Å². The predicted molar refractivity (Wildman–Crippen MR) is 53.3 cm³/mol. The van der Waals surface area contributed by atoms with Gasteiger partial charge in [-0.25, -0.2) is 4.79 Å². The molecule has 0 saturated carbocycles. The summed E-state index contributed by atoms with van der Waals surface area (Å²) < 4.78 is 8.98. The number of methoxy groups -OCH3 is 1. The van der Waals surface area contributed by atoms with Crippen LogP contribution < -0.4 is 0 Å². The van der Waals surface area contributed by atoms with Crippen LogP contribution in [0.5, 0.6) is 0 Å². The van der Waals surface area contributed by atoms with Crippen LogP contribution in [0.15, 0.2) is 25.5 Å². The topological polar surface area (TPSA) is 35.5 Å². The van der Waals surface area contributed by atoms with Gasteiger partial charge in [0.1, 0.15) is 0 Å². The van der Waals surface area contributed by atoms with Crippen molar-refractivity contribution >= 4 is 5.97 Å². The van der Waals surface area contributed by atoms with E-state index in [1.165, 1.54) is 19.8 Å². The molecule has 0 fully saturated rings. The summed E-state index contributed by atoms with van der Waals surface area (Å²) in [5.74, 6) is -0.394. The Morgan fingerprint density at radius 2 is 2.08 bits per heavy atom. The van der Waals surface area contributed by atoms with Crippen molar-refractivity contribution in [3.8, 4) is 0 Å². The Bertz CT molecular complexity index is 141. The summed E-state index contributed by atoms with van der Waals surface area (Å²) in [5.41, 5.74) is 0. The Kier molecular flexibility index (Phi) is 14.7. The van der Waals surface area contributed by atoms with Crippen molar-refractivity contribution in [1.29, 1.82) is 0 Å². The second kappa shape index (κ2) is 13.3. The molecular formula is C10H18O3. The molecule has 0 aromatic carbocycles. The van der Waals surface area contributed by atoms with E-state index in [2.05, 4.69) is 24.8 Å². The number of hydrogen-bond donors (Lipinski definition) is 0. The first-order valence-corrected chi connectivity index (χ1v) is 4.15. The first-order valence-electron chi connectivity index (χ1n) is 4.15. The summed E-state index contributed by atoms with van der Waals surface area (Å²) in [7, 11) is 1.31. The minimum atomic E-state index is -0.394. The summed E-state index contributed by atoms with van der Waals surface area (Å²) in [6, 6.07) is 0. The quantitative estimate of drug-likeness (QED) is 0.286. The van der Waals surface area contributed by atoms with Gasteiger partial charge in [0.05, 0.1) is 20.0 Å². The molecule has 0 radical (unpaired) electrons. The van der Waals surface area contributed by atoms with Crippen LogP contribution in [-0.2, 0) is 14.3 Å². The van der Waals surface area contributed by atoms with Crippen LogP contribution in [0.4, 0.5) is 0 Å². The van der Waals surface area contributed by atoms with Gasteiger partial charge < -0.3 is 9.47 Å². The van der Waals surface area contributed by atoms with Gasteiger partial charge in [-0.1, -0.05) is 26.5 Å². The third kappa shape index (κ3) is 18.1. The van der Waals surface area contributed by atoms with E-state index in [4.69, 9.17) is 4.74 Å². The Hall–Kier alpha value is -1.25. The van der Waals surface area contributed by atoms with E-state index >= 15 is 0 Å². The molecule has 0 aromatic rings. The van der Waals surface area contributed by atoms with Crippen molar-refractivity contribution in [2.45, 2.75) is 19.8 Å². The lowest BCUT2D eigenvalue weighted by atomic mass is 10.4. The van der Waals surface area contributed by atoms with Crippen LogP contribution in [0, 0.1) is 0 Å². The molecule has 13 heavy (non-hydrogen) atoms. The van der Waals surface area contributed by atoms with Gasteiger partial charge in [-0.05, 0) is 6.42 Å². The normalized spacial score (nSPS) is 7.54. The van der Waals surface area contributed by atoms with Crippen molar-refractivity contribution in [3.05, 3.63) is 25.5 Å². The highest BCUT2D eigenvalue weighted by atomic mass is 16.5. The highest BCUT2D eigenvalue weighted by molar-refractivity contribution is 5.80. The van der Waals surface area contributed by atoms with Crippen LogP contribution in [0.1, 0.15) is 19.8 Å². The lowest BCUT2D eigenvalue weighted by molar-refractivity contribution is -0.134. The smallest absolute Gasteiger partial charge is 0.329 e. The van der Waals surface area contributed by atoms with Crippen LogP contribution in [0.25, 0.3) is 0 Å². The number of esters is 1. The molecule has 0 unspecified atom stereocenters. The van der Waals surface area contributed by atoms with Crippen LogP contribution in [-0.4, -0.2) is 19.7 Å². The standard InChI is InChI=1S/C6H12O.C4H6O2/c1-3-5-6-7-4-2;1-3-4(5)6-2/h4H,2-3,5-6H2,1H3;3H,1H2,2H3. The molecule has 0 spiro atoms. The number of hydrogen-bond acceptors (Lipinski definition) is 3. The molecule has 0 aliphatic rings.